The number of carbonyl (C=O) groups is 1. The molecule has 0 spiro atoms. The summed E-state index contributed by atoms with van der Waals surface area (Å²) in [4.78, 5) is 12.2. The van der Waals surface area contributed by atoms with E-state index in [0.29, 0.717) is 6.42 Å². The van der Waals surface area contributed by atoms with Crippen molar-refractivity contribution < 1.29 is 4.79 Å². The van der Waals surface area contributed by atoms with E-state index >= 15 is 0 Å². The van der Waals surface area contributed by atoms with Gasteiger partial charge in [0.15, 0.2) is 0 Å². The Bertz CT molecular complexity index is 650. The highest BCUT2D eigenvalue weighted by Gasteiger charge is 2.13. The van der Waals surface area contributed by atoms with Crippen LogP contribution in [0.3, 0.4) is 0 Å². The molecule has 122 valence electrons. The van der Waals surface area contributed by atoms with Crippen molar-refractivity contribution in [2.24, 2.45) is 0 Å². The molecule has 1 N–H and O–H groups in total. The number of benzene rings is 2. The van der Waals surface area contributed by atoms with Crippen LogP contribution < -0.4 is 5.32 Å². The minimum Gasteiger partial charge on any atom is -0.326 e. The van der Waals surface area contributed by atoms with Crippen molar-refractivity contribution in [3.8, 4) is 0 Å². The number of aryl methyl sites for hydroxylation is 2. The first kappa shape index (κ1) is 17.3. The van der Waals surface area contributed by atoms with Gasteiger partial charge in [-0.05, 0) is 41.0 Å². The quantitative estimate of drug-likeness (QED) is 0.816. The van der Waals surface area contributed by atoms with E-state index in [1.807, 2.05) is 18.2 Å². The Labute approximate surface area is 139 Å². The van der Waals surface area contributed by atoms with Gasteiger partial charge in [0.1, 0.15) is 0 Å². The number of hydrogen-bond donors (Lipinski definition) is 1. The highest BCUT2D eigenvalue weighted by Crippen LogP contribution is 2.22. The van der Waals surface area contributed by atoms with E-state index in [1.54, 1.807) is 0 Å². The number of amides is 1. The first-order valence-corrected chi connectivity index (χ1v) is 8.37. The van der Waals surface area contributed by atoms with Gasteiger partial charge >= 0.3 is 0 Å². The van der Waals surface area contributed by atoms with Gasteiger partial charge in [0, 0.05) is 12.1 Å². The molecule has 0 atom stereocenters. The molecule has 0 unspecified atom stereocenters. The Morgan fingerprint density at radius 3 is 2.26 bits per heavy atom. The molecule has 0 aliphatic heterocycles. The Hall–Kier alpha value is -2.09. The molecule has 2 aromatic carbocycles. The number of rotatable bonds is 5. The Kier molecular flexibility index (Phi) is 5.59. The summed E-state index contributed by atoms with van der Waals surface area (Å²) in [5.74, 6) is 0.0748. The van der Waals surface area contributed by atoms with Crippen molar-refractivity contribution in [1.29, 1.82) is 0 Å². The van der Waals surface area contributed by atoms with Gasteiger partial charge in [-0.15, -0.1) is 0 Å². The number of para-hydroxylation sites is 1. The number of nitrogens with one attached hydrogen (secondary N) is 1. The van der Waals surface area contributed by atoms with Crippen LogP contribution in [0.15, 0.2) is 48.5 Å². The zero-order chi connectivity index (χ0) is 16.9. The molecule has 0 bridgehead atoms. The van der Waals surface area contributed by atoms with Crippen molar-refractivity contribution in [1.82, 2.24) is 0 Å². The van der Waals surface area contributed by atoms with E-state index in [4.69, 9.17) is 0 Å². The Balaban J connectivity index is 1.92. The van der Waals surface area contributed by atoms with Crippen LogP contribution in [0.25, 0.3) is 0 Å². The third kappa shape index (κ3) is 4.95. The lowest BCUT2D eigenvalue weighted by Gasteiger charge is -2.19. The highest BCUT2D eigenvalue weighted by molar-refractivity contribution is 5.91. The smallest absolute Gasteiger partial charge is 0.224 e. The van der Waals surface area contributed by atoms with Gasteiger partial charge in [0.2, 0.25) is 5.91 Å². The van der Waals surface area contributed by atoms with Gasteiger partial charge in [-0.25, -0.2) is 0 Å². The average molecular weight is 309 g/mol. The molecule has 0 aliphatic carbocycles. The lowest BCUT2D eigenvalue weighted by molar-refractivity contribution is -0.116. The fraction of sp³-hybridized carbons (Fsp3) is 0.381. The van der Waals surface area contributed by atoms with Crippen molar-refractivity contribution in [2.45, 2.75) is 52.4 Å². The topological polar surface area (TPSA) is 29.1 Å². The third-order valence-corrected chi connectivity index (χ3v) is 4.13. The summed E-state index contributed by atoms with van der Waals surface area (Å²) in [7, 11) is 0. The summed E-state index contributed by atoms with van der Waals surface area (Å²) in [6.45, 7) is 8.73. The number of anilines is 1. The molecule has 0 heterocycles. The Morgan fingerprint density at radius 1 is 1.00 bits per heavy atom. The SMILES string of the molecule is CCc1ccccc1NC(=O)CCc1ccc(C(C)(C)C)cc1. The van der Waals surface area contributed by atoms with Crippen molar-refractivity contribution in [3.05, 3.63) is 65.2 Å². The van der Waals surface area contributed by atoms with Gasteiger partial charge in [-0.3, -0.25) is 4.79 Å². The molecule has 0 saturated heterocycles. The first-order valence-electron chi connectivity index (χ1n) is 8.37. The second-order valence-corrected chi connectivity index (χ2v) is 7.01. The molecule has 2 rings (SSSR count). The van der Waals surface area contributed by atoms with E-state index < -0.39 is 0 Å². The summed E-state index contributed by atoms with van der Waals surface area (Å²) < 4.78 is 0. The average Bonchev–Trinajstić information content (AvgIpc) is 2.53. The van der Waals surface area contributed by atoms with E-state index in [0.717, 1.165) is 18.5 Å². The molecule has 1 amide bonds. The number of carbonyl (C=O) groups excluding carboxylic acids is 1. The molecule has 23 heavy (non-hydrogen) atoms. The van der Waals surface area contributed by atoms with Gasteiger partial charge in [0.25, 0.3) is 0 Å². The molecule has 2 nitrogen and oxygen atoms in total. The standard InChI is InChI=1S/C21H27NO/c1-5-17-8-6-7-9-19(17)22-20(23)15-12-16-10-13-18(14-11-16)21(2,3)4/h6-11,13-14H,5,12,15H2,1-4H3,(H,22,23). The van der Waals surface area contributed by atoms with E-state index in [9.17, 15) is 4.79 Å². The molecule has 0 radical (unpaired) electrons. The van der Waals surface area contributed by atoms with E-state index in [1.165, 1.54) is 16.7 Å². The van der Waals surface area contributed by atoms with Gasteiger partial charge in [-0.1, -0.05) is 70.2 Å². The highest BCUT2D eigenvalue weighted by atomic mass is 16.1. The Morgan fingerprint density at radius 2 is 1.65 bits per heavy atom. The third-order valence-electron chi connectivity index (χ3n) is 4.13. The van der Waals surface area contributed by atoms with Gasteiger partial charge in [0.05, 0.1) is 0 Å². The fourth-order valence-corrected chi connectivity index (χ4v) is 2.59. The zero-order valence-corrected chi connectivity index (χ0v) is 14.6. The van der Waals surface area contributed by atoms with Crippen LogP contribution in [0.4, 0.5) is 5.69 Å². The maximum Gasteiger partial charge on any atom is 0.224 e. The molecule has 0 fully saturated rings. The van der Waals surface area contributed by atoms with Crippen LogP contribution in [0, 0.1) is 0 Å². The molecule has 0 aromatic heterocycles. The van der Waals surface area contributed by atoms with E-state index in [2.05, 4.69) is 63.3 Å². The minimum absolute atomic E-state index is 0.0748. The fourth-order valence-electron chi connectivity index (χ4n) is 2.59. The molecule has 0 aliphatic rings. The largest absolute Gasteiger partial charge is 0.326 e. The van der Waals surface area contributed by atoms with Gasteiger partial charge in [-0.2, -0.15) is 0 Å². The predicted molar refractivity (Wildman–Crippen MR) is 97.9 cm³/mol. The van der Waals surface area contributed by atoms with Crippen molar-refractivity contribution in [3.63, 3.8) is 0 Å². The van der Waals surface area contributed by atoms with Crippen molar-refractivity contribution in [2.75, 3.05) is 5.32 Å². The van der Waals surface area contributed by atoms with Crippen LogP contribution in [-0.4, -0.2) is 5.91 Å². The van der Waals surface area contributed by atoms with Crippen LogP contribution in [0.5, 0.6) is 0 Å². The summed E-state index contributed by atoms with van der Waals surface area (Å²) in [6.07, 6.45) is 2.20. The normalized spacial score (nSPS) is 11.3. The second kappa shape index (κ2) is 7.45. The molecule has 2 heteroatoms. The molecular weight excluding hydrogens is 282 g/mol. The molecule has 2 aromatic rings. The van der Waals surface area contributed by atoms with E-state index in [-0.39, 0.29) is 11.3 Å². The molecular formula is C21H27NO. The lowest BCUT2D eigenvalue weighted by atomic mass is 9.86. The van der Waals surface area contributed by atoms with Crippen LogP contribution in [0.1, 0.15) is 50.8 Å². The lowest BCUT2D eigenvalue weighted by Crippen LogP contribution is -2.14. The van der Waals surface area contributed by atoms with Crippen molar-refractivity contribution >= 4 is 11.6 Å². The zero-order valence-electron chi connectivity index (χ0n) is 14.6. The summed E-state index contributed by atoms with van der Waals surface area (Å²) >= 11 is 0. The predicted octanol–water partition coefficient (Wildman–Crippen LogP) is 5.12. The number of hydrogen-bond acceptors (Lipinski definition) is 1. The van der Waals surface area contributed by atoms with Gasteiger partial charge < -0.3 is 5.32 Å². The second-order valence-electron chi connectivity index (χ2n) is 7.01. The summed E-state index contributed by atoms with van der Waals surface area (Å²) in [6, 6.07) is 16.6. The summed E-state index contributed by atoms with van der Waals surface area (Å²) in [5.41, 5.74) is 4.80. The monoisotopic (exact) mass is 309 g/mol. The first-order chi connectivity index (χ1) is 10.9. The summed E-state index contributed by atoms with van der Waals surface area (Å²) in [5, 5.41) is 3.03. The van der Waals surface area contributed by atoms with Crippen LogP contribution in [0.2, 0.25) is 0 Å². The maximum absolute atomic E-state index is 12.2. The molecule has 0 saturated carbocycles. The maximum atomic E-state index is 12.2. The van der Waals surface area contributed by atoms with Crippen LogP contribution >= 0.6 is 0 Å². The minimum atomic E-state index is 0.0748. The van der Waals surface area contributed by atoms with Crippen LogP contribution in [-0.2, 0) is 23.1 Å².